The highest BCUT2D eigenvalue weighted by Gasteiger charge is 2.37. The minimum atomic E-state index is -5.01. The van der Waals surface area contributed by atoms with Crippen LogP contribution in [0.5, 0.6) is 0 Å². The topological polar surface area (TPSA) is 24.9 Å². The van der Waals surface area contributed by atoms with E-state index in [-0.39, 0.29) is 23.7 Å². The lowest BCUT2D eigenvalue weighted by atomic mass is 9.94. The lowest BCUT2D eigenvalue weighted by molar-refractivity contribution is -0.143. The van der Waals surface area contributed by atoms with Crippen LogP contribution >= 0.6 is 0 Å². The lowest BCUT2D eigenvalue weighted by Gasteiger charge is -2.17. The first-order valence-electron chi connectivity index (χ1n) is 10.8. The van der Waals surface area contributed by atoms with E-state index in [4.69, 9.17) is 0 Å². The molecule has 1 N–H and O–H groups in total. The molecular formula is C26H17F9N2. The largest absolute Gasteiger partial charge is 0.416 e. The van der Waals surface area contributed by atoms with Gasteiger partial charge in [-0.1, -0.05) is 30.3 Å². The van der Waals surface area contributed by atoms with E-state index in [1.165, 1.54) is 12.3 Å². The molecule has 0 aliphatic rings. The highest BCUT2D eigenvalue weighted by atomic mass is 19.4. The van der Waals surface area contributed by atoms with Crippen LogP contribution in [0.15, 0.2) is 73.1 Å². The Bertz CT molecular complexity index is 1380. The molecule has 0 bridgehead atoms. The Balaban J connectivity index is 1.69. The Morgan fingerprint density at radius 2 is 1.22 bits per heavy atom. The fourth-order valence-electron chi connectivity index (χ4n) is 3.97. The summed E-state index contributed by atoms with van der Waals surface area (Å²) >= 11 is 0. The molecule has 0 amide bonds. The molecule has 0 aliphatic heterocycles. The van der Waals surface area contributed by atoms with Gasteiger partial charge in [0, 0.05) is 36.4 Å². The molecule has 0 aliphatic carbocycles. The summed E-state index contributed by atoms with van der Waals surface area (Å²) in [6.07, 6.45) is -11.6. The third-order valence-corrected chi connectivity index (χ3v) is 5.68. The maximum Gasteiger partial charge on any atom is 0.416 e. The average Bonchev–Trinajstić information content (AvgIpc) is 2.82. The number of alkyl halides is 9. The lowest BCUT2D eigenvalue weighted by Crippen LogP contribution is -2.17. The molecule has 0 saturated heterocycles. The van der Waals surface area contributed by atoms with Crippen molar-refractivity contribution in [1.82, 2.24) is 10.3 Å². The van der Waals surface area contributed by atoms with Crippen LogP contribution in [-0.4, -0.2) is 4.98 Å². The number of halogens is 9. The molecule has 2 nitrogen and oxygen atoms in total. The molecule has 0 saturated carbocycles. The predicted octanol–water partition coefficient (Wildman–Crippen LogP) is 8.25. The number of pyridine rings is 1. The Hall–Kier alpha value is -3.60. The standard InChI is InChI=1S/C26H17F9N2/c27-24(28,29)18-5-6-22(23-14-37-12-16-3-1-2-4-21(16)23)17(9-18)13-36-11-15-7-19(25(30,31)32)10-20(8-15)26(33,34)35/h1-10,12,14,36H,11,13H2. The smallest absolute Gasteiger partial charge is 0.309 e. The number of hydrogen-bond acceptors (Lipinski definition) is 2. The van der Waals surface area contributed by atoms with E-state index in [2.05, 4.69) is 10.3 Å². The van der Waals surface area contributed by atoms with Gasteiger partial charge >= 0.3 is 18.5 Å². The van der Waals surface area contributed by atoms with Crippen molar-refractivity contribution in [3.05, 3.63) is 101 Å². The molecule has 0 radical (unpaired) electrons. The van der Waals surface area contributed by atoms with E-state index in [0.717, 1.165) is 17.5 Å². The number of nitrogens with one attached hydrogen (secondary N) is 1. The Kier molecular flexibility index (Phi) is 6.93. The molecule has 1 aromatic heterocycles. The Morgan fingerprint density at radius 1 is 0.595 bits per heavy atom. The first kappa shape index (κ1) is 26.5. The van der Waals surface area contributed by atoms with E-state index in [0.29, 0.717) is 28.6 Å². The molecule has 11 heteroatoms. The molecule has 4 aromatic rings. The van der Waals surface area contributed by atoms with E-state index < -0.39 is 41.8 Å². The normalized spacial score (nSPS) is 12.8. The number of fused-ring (bicyclic) bond motifs is 1. The van der Waals surface area contributed by atoms with Crippen molar-refractivity contribution in [2.24, 2.45) is 0 Å². The number of hydrogen-bond donors (Lipinski definition) is 1. The summed E-state index contributed by atoms with van der Waals surface area (Å²) in [7, 11) is 0. The van der Waals surface area contributed by atoms with Crippen LogP contribution in [0.1, 0.15) is 27.8 Å². The second kappa shape index (κ2) is 9.70. The highest BCUT2D eigenvalue weighted by molar-refractivity contribution is 5.96. The third kappa shape index (κ3) is 6.04. The molecule has 194 valence electrons. The fourth-order valence-corrected chi connectivity index (χ4v) is 3.97. The summed E-state index contributed by atoms with van der Waals surface area (Å²) in [5.41, 5.74) is -3.13. The van der Waals surface area contributed by atoms with E-state index in [9.17, 15) is 39.5 Å². The van der Waals surface area contributed by atoms with E-state index in [1.807, 2.05) is 0 Å². The molecule has 3 aromatic carbocycles. The summed E-state index contributed by atoms with van der Waals surface area (Å²) in [6.45, 7) is -0.712. The summed E-state index contributed by atoms with van der Waals surface area (Å²) in [4.78, 5) is 4.14. The van der Waals surface area contributed by atoms with Gasteiger partial charge in [0.25, 0.3) is 0 Å². The zero-order valence-electron chi connectivity index (χ0n) is 18.7. The predicted molar refractivity (Wildman–Crippen MR) is 119 cm³/mol. The number of nitrogens with zero attached hydrogens (tertiary/aromatic N) is 1. The van der Waals surface area contributed by atoms with Crippen molar-refractivity contribution in [1.29, 1.82) is 0 Å². The van der Waals surface area contributed by atoms with Gasteiger partial charge in [-0.05, 0) is 52.4 Å². The minimum Gasteiger partial charge on any atom is -0.309 e. The van der Waals surface area contributed by atoms with Crippen LogP contribution in [0.4, 0.5) is 39.5 Å². The SMILES string of the molecule is FC(F)(F)c1cc(CNCc2cc(C(F)(F)F)ccc2-c2cncc3ccccc23)cc(C(F)(F)F)c1. The molecule has 1 heterocycles. The number of aromatic nitrogens is 1. The van der Waals surface area contributed by atoms with Gasteiger partial charge in [0.15, 0.2) is 0 Å². The van der Waals surface area contributed by atoms with Crippen molar-refractivity contribution in [3.63, 3.8) is 0 Å². The maximum atomic E-state index is 13.4. The zero-order chi connectivity index (χ0) is 27.0. The molecule has 0 fully saturated rings. The van der Waals surface area contributed by atoms with Crippen molar-refractivity contribution in [3.8, 4) is 11.1 Å². The first-order chi connectivity index (χ1) is 17.2. The molecular weight excluding hydrogens is 511 g/mol. The van der Waals surface area contributed by atoms with Crippen LogP contribution in [0.2, 0.25) is 0 Å². The average molecular weight is 528 g/mol. The van der Waals surface area contributed by atoms with Crippen LogP contribution in [-0.2, 0) is 31.6 Å². The summed E-state index contributed by atoms with van der Waals surface area (Å²) < 4.78 is 119. The maximum absolute atomic E-state index is 13.4. The molecule has 0 spiro atoms. The van der Waals surface area contributed by atoms with Gasteiger partial charge in [0.1, 0.15) is 0 Å². The van der Waals surface area contributed by atoms with Gasteiger partial charge in [-0.25, -0.2) is 0 Å². The number of benzene rings is 3. The minimum absolute atomic E-state index is 0.0158. The Morgan fingerprint density at radius 3 is 1.84 bits per heavy atom. The van der Waals surface area contributed by atoms with Crippen LogP contribution in [0, 0.1) is 0 Å². The van der Waals surface area contributed by atoms with E-state index >= 15 is 0 Å². The van der Waals surface area contributed by atoms with Gasteiger partial charge in [-0.2, -0.15) is 39.5 Å². The Labute approximate surface area is 204 Å². The number of rotatable bonds is 5. The summed E-state index contributed by atoms with van der Waals surface area (Å²) in [5, 5.41) is 4.14. The molecule has 4 rings (SSSR count). The molecule has 37 heavy (non-hydrogen) atoms. The van der Waals surface area contributed by atoms with Crippen LogP contribution < -0.4 is 5.32 Å². The molecule has 0 unspecified atom stereocenters. The fraction of sp³-hybridized carbons (Fsp3) is 0.192. The highest BCUT2D eigenvalue weighted by Crippen LogP contribution is 2.37. The second-order valence-electron chi connectivity index (χ2n) is 8.30. The van der Waals surface area contributed by atoms with Crippen LogP contribution in [0.25, 0.3) is 21.9 Å². The van der Waals surface area contributed by atoms with Crippen molar-refractivity contribution in [2.45, 2.75) is 31.6 Å². The monoisotopic (exact) mass is 528 g/mol. The third-order valence-electron chi connectivity index (χ3n) is 5.68. The van der Waals surface area contributed by atoms with Crippen molar-refractivity contribution in [2.75, 3.05) is 0 Å². The molecule has 0 atom stereocenters. The van der Waals surface area contributed by atoms with Gasteiger partial charge < -0.3 is 5.32 Å². The van der Waals surface area contributed by atoms with Crippen molar-refractivity contribution >= 4 is 10.8 Å². The quantitative estimate of drug-likeness (QED) is 0.264. The van der Waals surface area contributed by atoms with Crippen molar-refractivity contribution < 1.29 is 39.5 Å². The first-order valence-corrected chi connectivity index (χ1v) is 10.8. The zero-order valence-corrected chi connectivity index (χ0v) is 18.7. The van der Waals surface area contributed by atoms with Gasteiger partial charge in [0.2, 0.25) is 0 Å². The van der Waals surface area contributed by atoms with Gasteiger partial charge in [-0.15, -0.1) is 0 Å². The van der Waals surface area contributed by atoms with Gasteiger partial charge in [-0.3, -0.25) is 4.98 Å². The summed E-state index contributed by atoms with van der Waals surface area (Å²) in [5.74, 6) is 0. The van der Waals surface area contributed by atoms with Crippen LogP contribution in [0.3, 0.4) is 0 Å². The summed E-state index contributed by atoms with van der Waals surface area (Å²) in [6, 6.07) is 11.3. The second-order valence-corrected chi connectivity index (χ2v) is 8.30. The van der Waals surface area contributed by atoms with E-state index in [1.54, 1.807) is 30.5 Å². The van der Waals surface area contributed by atoms with Gasteiger partial charge in [0.05, 0.1) is 16.7 Å².